The molecule has 0 aliphatic rings. The second kappa shape index (κ2) is 6.10. The van der Waals surface area contributed by atoms with E-state index in [0.717, 1.165) is 5.75 Å². The zero-order valence-electron chi connectivity index (χ0n) is 12.9. The summed E-state index contributed by atoms with van der Waals surface area (Å²) in [6.45, 7) is 6.35. The van der Waals surface area contributed by atoms with Crippen LogP contribution in [0.3, 0.4) is 0 Å². The standard InChI is InChI=1S/C18H23NO/c1-12-8-6-7-9-16(12)17(19-4)15-10-13(2)18(20-5)14(3)11-15/h6-11,17,19H,1-5H3. The number of hydrogen-bond donors (Lipinski definition) is 1. The summed E-state index contributed by atoms with van der Waals surface area (Å²) < 4.78 is 5.45. The summed E-state index contributed by atoms with van der Waals surface area (Å²) >= 11 is 0. The third kappa shape index (κ3) is 2.70. The Hall–Kier alpha value is -1.80. The summed E-state index contributed by atoms with van der Waals surface area (Å²) in [7, 11) is 3.73. The van der Waals surface area contributed by atoms with Gasteiger partial charge in [0, 0.05) is 0 Å². The van der Waals surface area contributed by atoms with Gasteiger partial charge < -0.3 is 10.1 Å². The van der Waals surface area contributed by atoms with Gasteiger partial charge in [0.25, 0.3) is 0 Å². The number of ether oxygens (including phenoxy) is 1. The second-order valence-electron chi connectivity index (χ2n) is 5.27. The normalized spacial score (nSPS) is 12.2. The van der Waals surface area contributed by atoms with E-state index in [9.17, 15) is 0 Å². The molecule has 2 aromatic rings. The van der Waals surface area contributed by atoms with Crippen molar-refractivity contribution >= 4 is 0 Å². The molecule has 0 aromatic heterocycles. The first kappa shape index (κ1) is 14.6. The van der Waals surface area contributed by atoms with E-state index in [1.165, 1.54) is 27.8 Å². The molecule has 1 N–H and O–H groups in total. The average Bonchev–Trinajstić information content (AvgIpc) is 2.41. The van der Waals surface area contributed by atoms with Gasteiger partial charge in [0.1, 0.15) is 5.75 Å². The van der Waals surface area contributed by atoms with Crippen molar-refractivity contribution in [3.8, 4) is 5.75 Å². The van der Waals surface area contributed by atoms with E-state index in [1.807, 2.05) is 7.05 Å². The highest BCUT2D eigenvalue weighted by Crippen LogP contribution is 2.31. The van der Waals surface area contributed by atoms with Crippen LogP contribution in [-0.4, -0.2) is 14.2 Å². The number of nitrogens with one attached hydrogen (secondary N) is 1. The van der Waals surface area contributed by atoms with Crippen LogP contribution >= 0.6 is 0 Å². The van der Waals surface area contributed by atoms with Gasteiger partial charge in [0.15, 0.2) is 0 Å². The van der Waals surface area contributed by atoms with E-state index in [0.29, 0.717) is 0 Å². The Labute approximate surface area is 121 Å². The molecule has 2 heteroatoms. The predicted molar refractivity (Wildman–Crippen MR) is 84.5 cm³/mol. The minimum atomic E-state index is 0.208. The highest BCUT2D eigenvalue weighted by atomic mass is 16.5. The van der Waals surface area contributed by atoms with Crippen molar-refractivity contribution in [2.75, 3.05) is 14.2 Å². The molecular weight excluding hydrogens is 246 g/mol. The van der Waals surface area contributed by atoms with Gasteiger partial charge >= 0.3 is 0 Å². The van der Waals surface area contributed by atoms with Crippen molar-refractivity contribution in [1.82, 2.24) is 5.32 Å². The van der Waals surface area contributed by atoms with Crippen LogP contribution in [0.1, 0.15) is 33.9 Å². The van der Waals surface area contributed by atoms with Crippen LogP contribution in [0.15, 0.2) is 36.4 Å². The number of benzene rings is 2. The van der Waals surface area contributed by atoms with Gasteiger partial charge in [0.05, 0.1) is 13.2 Å². The van der Waals surface area contributed by atoms with Gasteiger partial charge in [-0.15, -0.1) is 0 Å². The smallest absolute Gasteiger partial charge is 0.124 e. The molecule has 0 amide bonds. The Balaban J connectivity index is 2.51. The van der Waals surface area contributed by atoms with E-state index in [-0.39, 0.29) is 6.04 Å². The molecule has 2 aromatic carbocycles. The number of hydrogen-bond acceptors (Lipinski definition) is 2. The molecule has 106 valence electrons. The van der Waals surface area contributed by atoms with Crippen LogP contribution in [0, 0.1) is 20.8 Å². The SMILES string of the molecule is CNC(c1cc(C)c(OC)c(C)c1)c1ccccc1C. The third-order valence-corrected chi connectivity index (χ3v) is 3.81. The summed E-state index contributed by atoms with van der Waals surface area (Å²) in [5.74, 6) is 0.980. The summed E-state index contributed by atoms with van der Waals surface area (Å²) in [6, 6.07) is 13.1. The molecule has 0 radical (unpaired) electrons. The van der Waals surface area contributed by atoms with Crippen LogP contribution in [0.5, 0.6) is 5.75 Å². The lowest BCUT2D eigenvalue weighted by Crippen LogP contribution is -2.19. The Morgan fingerprint density at radius 3 is 2.05 bits per heavy atom. The first-order valence-corrected chi connectivity index (χ1v) is 6.96. The molecule has 2 rings (SSSR count). The first-order chi connectivity index (χ1) is 9.58. The number of rotatable bonds is 4. The molecule has 0 saturated carbocycles. The lowest BCUT2D eigenvalue weighted by Gasteiger charge is -2.21. The van der Waals surface area contributed by atoms with Crippen molar-refractivity contribution in [2.45, 2.75) is 26.8 Å². The molecule has 20 heavy (non-hydrogen) atoms. The van der Waals surface area contributed by atoms with Crippen LogP contribution in [0.25, 0.3) is 0 Å². The van der Waals surface area contributed by atoms with E-state index < -0.39 is 0 Å². The largest absolute Gasteiger partial charge is 0.496 e. The number of aryl methyl sites for hydroxylation is 3. The minimum Gasteiger partial charge on any atom is -0.496 e. The fraction of sp³-hybridized carbons (Fsp3) is 0.333. The maximum Gasteiger partial charge on any atom is 0.124 e. The summed E-state index contributed by atoms with van der Waals surface area (Å²) in [4.78, 5) is 0. The molecule has 0 heterocycles. The van der Waals surface area contributed by atoms with Gasteiger partial charge in [-0.3, -0.25) is 0 Å². The molecule has 0 aliphatic heterocycles. The van der Waals surface area contributed by atoms with E-state index in [1.54, 1.807) is 7.11 Å². The lowest BCUT2D eigenvalue weighted by molar-refractivity contribution is 0.408. The lowest BCUT2D eigenvalue weighted by atomic mass is 9.92. The first-order valence-electron chi connectivity index (χ1n) is 6.96. The van der Waals surface area contributed by atoms with Gasteiger partial charge in [-0.2, -0.15) is 0 Å². The van der Waals surface area contributed by atoms with Crippen molar-refractivity contribution < 1.29 is 4.74 Å². The maximum atomic E-state index is 5.45. The molecule has 2 nitrogen and oxygen atoms in total. The highest BCUT2D eigenvalue weighted by molar-refractivity contribution is 5.47. The molecule has 1 unspecified atom stereocenters. The van der Waals surface area contributed by atoms with Crippen LogP contribution < -0.4 is 10.1 Å². The Kier molecular flexibility index (Phi) is 4.46. The van der Waals surface area contributed by atoms with Crippen molar-refractivity contribution in [2.24, 2.45) is 0 Å². The van der Waals surface area contributed by atoms with Crippen molar-refractivity contribution in [3.63, 3.8) is 0 Å². The minimum absolute atomic E-state index is 0.208. The van der Waals surface area contributed by atoms with E-state index in [4.69, 9.17) is 4.74 Å². The zero-order chi connectivity index (χ0) is 14.7. The van der Waals surface area contributed by atoms with Crippen LogP contribution in [0.4, 0.5) is 0 Å². The summed E-state index contributed by atoms with van der Waals surface area (Å²) in [5.41, 5.74) is 6.25. The predicted octanol–water partition coefficient (Wildman–Crippen LogP) is 3.93. The number of methoxy groups -OCH3 is 1. The molecule has 0 aliphatic carbocycles. The molecule has 0 spiro atoms. The van der Waals surface area contributed by atoms with Gasteiger partial charge in [-0.1, -0.05) is 36.4 Å². The fourth-order valence-electron chi connectivity index (χ4n) is 2.88. The summed E-state index contributed by atoms with van der Waals surface area (Å²) in [6.07, 6.45) is 0. The molecule has 0 fully saturated rings. The Morgan fingerprint density at radius 2 is 1.55 bits per heavy atom. The summed E-state index contributed by atoms with van der Waals surface area (Å²) in [5, 5.41) is 3.43. The zero-order valence-corrected chi connectivity index (χ0v) is 12.9. The maximum absolute atomic E-state index is 5.45. The van der Waals surface area contributed by atoms with Gasteiger partial charge in [0.2, 0.25) is 0 Å². The van der Waals surface area contributed by atoms with Crippen LogP contribution in [0.2, 0.25) is 0 Å². The molecule has 0 bridgehead atoms. The molecule has 1 atom stereocenters. The van der Waals surface area contributed by atoms with E-state index in [2.05, 4.69) is 62.5 Å². The van der Waals surface area contributed by atoms with Gasteiger partial charge in [-0.05, 0) is 55.6 Å². The average molecular weight is 269 g/mol. The topological polar surface area (TPSA) is 21.3 Å². The Bertz CT molecular complexity index is 581. The second-order valence-corrected chi connectivity index (χ2v) is 5.27. The molecular formula is C18H23NO. The van der Waals surface area contributed by atoms with Crippen molar-refractivity contribution in [3.05, 3.63) is 64.2 Å². The highest BCUT2D eigenvalue weighted by Gasteiger charge is 2.16. The van der Waals surface area contributed by atoms with E-state index >= 15 is 0 Å². The molecule has 0 saturated heterocycles. The van der Waals surface area contributed by atoms with Crippen molar-refractivity contribution in [1.29, 1.82) is 0 Å². The Morgan fingerprint density at radius 1 is 0.950 bits per heavy atom. The van der Waals surface area contributed by atoms with Gasteiger partial charge in [-0.25, -0.2) is 0 Å². The fourth-order valence-corrected chi connectivity index (χ4v) is 2.88. The third-order valence-electron chi connectivity index (χ3n) is 3.81. The quantitative estimate of drug-likeness (QED) is 0.908. The van der Waals surface area contributed by atoms with Crippen LogP contribution in [-0.2, 0) is 0 Å². The monoisotopic (exact) mass is 269 g/mol.